The molecule has 6 nitrogen and oxygen atoms in total. The van der Waals surface area contributed by atoms with Gasteiger partial charge in [0.2, 0.25) is 11.8 Å². The molecule has 2 amide bonds. The van der Waals surface area contributed by atoms with Gasteiger partial charge in [-0.3, -0.25) is 9.59 Å². The van der Waals surface area contributed by atoms with Crippen LogP contribution in [0.25, 0.3) is 0 Å². The fourth-order valence-corrected chi connectivity index (χ4v) is 4.09. The second-order valence-electron chi connectivity index (χ2n) is 7.64. The molecule has 2 saturated heterocycles. The maximum Gasteiger partial charge on any atom is 0.229 e. The van der Waals surface area contributed by atoms with Crippen LogP contribution < -0.4 is 10.2 Å². The zero-order valence-electron chi connectivity index (χ0n) is 16.7. The molecule has 2 aliphatic heterocycles. The number of nitrogens with one attached hydrogen (secondary N) is 1. The number of anilines is 2. The van der Waals surface area contributed by atoms with Gasteiger partial charge in [0.05, 0.1) is 36.5 Å². The van der Waals surface area contributed by atoms with E-state index in [-0.39, 0.29) is 30.2 Å². The average Bonchev–Trinajstić information content (AvgIpc) is 3.16. The number of carbonyl (C=O) groups is 2. The van der Waals surface area contributed by atoms with E-state index in [2.05, 4.69) is 10.2 Å². The molecule has 0 saturated carbocycles. The molecule has 6 heteroatoms. The predicted molar refractivity (Wildman–Crippen MR) is 113 cm³/mol. The highest BCUT2D eigenvalue weighted by Crippen LogP contribution is 2.31. The molecule has 2 unspecified atom stereocenters. The van der Waals surface area contributed by atoms with Crippen molar-refractivity contribution in [3.05, 3.63) is 60.2 Å². The Labute approximate surface area is 171 Å². The van der Waals surface area contributed by atoms with Crippen molar-refractivity contribution in [3.63, 3.8) is 0 Å². The molecule has 0 spiro atoms. The lowest BCUT2D eigenvalue weighted by Crippen LogP contribution is -2.37. The zero-order valence-corrected chi connectivity index (χ0v) is 16.7. The summed E-state index contributed by atoms with van der Waals surface area (Å²) in [4.78, 5) is 29.6. The van der Waals surface area contributed by atoms with E-state index in [1.807, 2.05) is 66.4 Å². The molecule has 2 atom stereocenters. The Kier molecular flexibility index (Phi) is 5.81. The molecule has 0 radical (unpaired) electrons. The van der Waals surface area contributed by atoms with Crippen molar-refractivity contribution < 1.29 is 14.3 Å². The van der Waals surface area contributed by atoms with E-state index in [4.69, 9.17) is 4.74 Å². The molecule has 0 bridgehead atoms. The van der Waals surface area contributed by atoms with Gasteiger partial charge in [-0.2, -0.15) is 0 Å². The van der Waals surface area contributed by atoms with Crippen LogP contribution in [0.2, 0.25) is 0 Å². The lowest BCUT2D eigenvalue weighted by atomic mass is 10.1. The van der Waals surface area contributed by atoms with Gasteiger partial charge in [0, 0.05) is 26.1 Å². The number of rotatable bonds is 5. The molecule has 1 N–H and O–H groups in total. The van der Waals surface area contributed by atoms with E-state index in [0.29, 0.717) is 19.8 Å². The Balaban J connectivity index is 1.44. The summed E-state index contributed by atoms with van der Waals surface area (Å²) in [6.07, 6.45) is 0.253. The van der Waals surface area contributed by atoms with Crippen LogP contribution in [-0.4, -0.2) is 49.6 Å². The quantitative estimate of drug-likeness (QED) is 0.848. The summed E-state index contributed by atoms with van der Waals surface area (Å²) in [7, 11) is 0. The normalized spacial score (nSPS) is 20.6. The van der Waals surface area contributed by atoms with Crippen molar-refractivity contribution in [3.8, 4) is 0 Å². The number of nitrogens with zero attached hydrogens (tertiary/aromatic N) is 2. The lowest BCUT2D eigenvalue weighted by Gasteiger charge is -2.30. The third kappa shape index (κ3) is 4.27. The lowest BCUT2D eigenvalue weighted by molar-refractivity contribution is -0.129. The smallest absolute Gasteiger partial charge is 0.229 e. The first kappa shape index (κ1) is 19.5. The maximum atomic E-state index is 13.0. The van der Waals surface area contributed by atoms with E-state index < -0.39 is 0 Å². The van der Waals surface area contributed by atoms with Gasteiger partial charge in [-0.15, -0.1) is 0 Å². The number of morpholine rings is 1. The molecule has 0 aromatic heterocycles. The second kappa shape index (κ2) is 8.66. The Hall–Kier alpha value is -2.86. The Morgan fingerprint density at radius 3 is 2.52 bits per heavy atom. The van der Waals surface area contributed by atoms with E-state index in [1.54, 1.807) is 0 Å². The number of ether oxygens (including phenoxy) is 1. The summed E-state index contributed by atoms with van der Waals surface area (Å²) in [6, 6.07) is 17.7. The van der Waals surface area contributed by atoms with Crippen molar-refractivity contribution in [2.24, 2.45) is 5.92 Å². The standard InChI is InChI=1S/C23H27N3O3/c1-17(18-7-3-2-4-8-18)26-16-19(15-22(26)27)23(28)24-20-9-5-6-10-21(20)25-11-13-29-14-12-25/h2-10,17,19H,11-16H2,1H3,(H,24,28). The number of carbonyl (C=O) groups excluding carboxylic acids is 2. The van der Waals surface area contributed by atoms with Crippen LogP contribution >= 0.6 is 0 Å². The van der Waals surface area contributed by atoms with Crippen LogP contribution in [0.5, 0.6) is 0 Å². The average molecular weight is 393 g/mol. The Bertz CT molecular complexity index is 865. The molecular formula is C23H27N3O3. The van der Waals surface area contributed by atoms with Crippen LogP contribution in [0.15, 0.2) is 54.6 Å². The topological polar surface area (TPSA) is 61.9 Å². The van der Waals surface area contributed by atoms with Gasteiger partial charge >= 0.3 is 0 Å². The number of benzene rings is 2. The molecular weight excluding hydrogens is 366 g/mol. The van der Waals surface area contributed by atoms with E-state index in [1.165, 1.54) is 0 Å². The highest BCUT2D eigenvalue weighted by Gasteiger charge is 2.37. The molecule has 152 valence electrons. The molecule has 0 aliphatic carbocycles. The number of para-hydroxylation sites is 2. The van der Waals surface area contributed by atoms with Gasteiger partial charge < -0.3 is 19.9 Å². The number of amides is 2. The van der Waals surface area contributed by atoms with Gasteiger partial charge in [0.25, 0.3) is 0 Å². The minimum absolute atomic E-state index is 0.0305. The third-order valence-corrected chi connectivity index (χ3v) is 5.79. The van der Waals surface area contributed by atoms with Crippen LogP contribution in [0, 0.1) is 5.92 Å². The molecule has 2 aromatic rings. The number of likely N-dealkylation sites (tertiary alicyclic amines) is 1. The number of hydrogen-bond acceptors (Lipinski definition) is 4. The molecule has 2 aliphatic rings. The monoisotopic (exact) mass is 393 g/mol. The van der Waals surface area contributed by atoms with Crippen molar-refractivity contribution in [1.82, 2.24) is 4.90 Å². The van der Waals surface area contributed by atoms with Gasteiger partial charge in [0.15, 0.2) is 0 Å². The van der Waals surface area contributed by atoms with Gasteiger partial charge in [-0.25, -0.2) is 0 Å². The van der Waals surface area contributed by atoms with Gasteiger partial charge in [-0.05, 0) is 24.6 Å². The first-order valence-electron chi connectivity index (χ1n) is 10.2. The van der Waals surface area contributed by atoms with Crippen molar-refractivity contribution >= 4 is 23.2 Å². The predicted octanol–water partition coefficient (Wildman–Crippen LogP) is 3.07. The minimum atomic E-state index is -0.341. The van der Waals surface area contributed by atoms with Crippen LogP contribution in [0.4, 0.5) is 11.4 Å². The summed E-state index contributed by atoms with van der Waals surface area (Å²) < 4.78 is 5.43. The number of hydrogen-bond donors (Lipinski definition) is 1. The highest BCUT2D eigenvalue weighted by atomic mass is 16.5. The molecule has 2 aromatic carbocycles. The summed E-state index contributed by atoms with van der Waals surface area (Å²) in [5.41, 5.74) is 2.88. The summed E-state index contributed by atoms with van der Waals surface area (Å²) >= 11 is 0. The summed E-state index contributed by atoms with van der Waals surface area (Å²) in [6.45, 7) is 5.44. The first-order valence-corrected chi connectivity index (χ1v) is 10.2. The van der Waals surface area contributed by atoms with Crippen LogP contribution in [-0.2, 0) is 14.3 Å². The van der Waals surface area contributed by atoms with E-state index in [0.717, 1.165) is 30.0 Å². The van der Waals surface area contributed by atoms with E-state index in [9.17, 15) is 9.59 Å². The highest BCUT2D eigenvalue weighted by molar-refractivity contribution is 5.99. The molecule has 29 heavy (non-hydrogen) atoms. The van der Waals surface area contributed by atoms with Crippen molar-refractivity contribution in [1.29, 1.82) is 0 Å². The minimum Gasteiger partial charge on any atom is -0.378 e. The molecule has 2 heterocycles. The van der Waals surface area contributed by atoms with Crippen LogP contribution in [0.1, 0.15) is 24.9 Å². The van der Waals surface area contributed by atoms with Crippen molar-refractivity contribution in [2.45, 2.75) is 19.4 Å². The van der Waals surface area contributed by atoms with Gasteiger partial charge in [0.1, 0.15) is 0 Å². The third-order valence-electron chi connectivity index (χ3n) is 5.79. The van der Waals surface area contributed by atoms with Crippen LogP contribution in [0.3, 0.4) is 0 Å². The second-order valence-corrected chi connectivity index (χ2v) is 7.64. The maximum absolute atomic E-state index is 13.0. The fourth-order valence-electron chi connectivity index (χ4n) is 4.09. The Morgan fingerprint density at radius 2 is 1.76 bits per heavy atom. The Morgan fingerprint density at radius 1 is 1.07 bits per heavy atom. The SMILES string of the molecule is CC(c1ccccc1)N1CC(C(=O)Nc2ccccc2N2CCOCC2)CC1=O. The molecule has 2 fully saturated rings. The van der Waals surface area contributed by atoms with Gasteiger partial charge in [-0.1, -0.05) is 42.5 Å². The first-order chi connectivity index (χ1) is 14.1. The zero-order chi connectivity index (χ0) is 20.2. The van der Waals surface area contributed by atoms with Crippen molar-refractivity contribution in [2.75, 3.05) is 43.1 Å². The molecule has 4 rings (SSSR count). The fraction of sp³-hybridized carbons (Fsp3) is 0.391. The summed E-state index contributed by atoms with van der Waals surface area (Å²) in [5.74, 6) is -0.406. The van der Waals surface area contributed by atoms with E-state index >= 15 is 0 Å². The largest absolute Gasteiger partial charge is 0.378 e. The summed E-state index contributed by atoms with van der Waals surface area (Å²) in [5, 5.41) is 3.07.